The lowest BCUT2D eigenvalue weighted by Crippen LogP contribution is -2.51. The van der Waals surface area contributed by atoms with Crippen LogP contribution in [0.3, 0.4) is 0 Å². The highest BCUT2D eigenvalue weighted by Gasteiger charge is 2.46. The highest BCUT2D eigenvalue weighted by atomic mass is 35.5. The fraction of sp³-hybridized carbons (Fsp3) is 0.522. The Hall–Kier alpha value is -2.14. The molecular weight excluding hydrogens is 386 g/mol. The van der Waals surface area contributed by atoms with E-state index in [0.29, 0.717) is 24.8 Å². The minimum atomic E-state index is -0.514. The summed E-state index contributed by atoms with van der Waals surface area (Å²) in [7, 11) is 0. The molecule has 0 N–H and O–H groups in total. The summed E-state index contributed by atoms with van der Waals surface area (Å²) in [4.78, 5) is 20.2. The summed E-state index contributed by atoms with van der Waals surface area (Å²) >= 11 is 6.26. The molecule has 0 radical (unpaired) electrons. The van der Waals surface area contributed by atoms with E-state index in [9.17, 15) is 4.79 Å². The Labute approximate surface area is 177 Å². The van der Waals surface area contributed by atoms with Crippen LogP contribution < -0.4 is 0 Å². The van der Waals surface area contributed by atoms with Crippen LogP contribution in [0, 0.1) is 5.41 Å². The van der Waals surface area contributed by atoms with Gasteiger partial charge in [-0.15, -0.1) is 6.58 Å². The fourth-order valence-electron chi connectivity index (χ4n) is 4.52. The van der Waals surface area contributed by atoms with Gasteiger partial charge in [0.1, 0.15) is 6.04 Å². The zero-order chi connectivity index (χ0) is 20.6. The van der Waals surface area contributed by atoms with Gasteiger partial charge < -0.3 is 9.42 Å². The van der Waals surface area contributed by atoms with E-state index in [-0.39, 0.29) is 17.9 Å². The van der Waals surface area contributed by atoms with Crippen molar-refractivity contribution in [2.75, 3.05) is 6.54 Å². The number of rotatable bonds is 7. The molecule has 2 heterocycles. The third-order valence-corrected chi connectivity index (χ3v) is 6.49. The first-order valence-electron chi connectivity index (χ1n) is 10.5. The van der Waals surface area contributed by atoms with E-state index in [0.717, 1.165) is 42.1 Å². The number of piperidine rings is 1. The second-order valence-corrected chi connectivity index (χ2v) is 9.09. The number of nitrogens with zero attached hydrogens (tertiary/aromatic N) is 3. The smallest absolute Gasteiger partial charge is 0.249 e. The zero-order valence-corrected chi connectivity index (χ0v) is 17.9. The number of benzene rings is 1. The largest absolute Gasteiger partial charge is 0.337 e. The molecule has 29 heavy (non-hydrogen) atoms. The number of hydrogen-bond acceptors (Lipinski definition) is 4. The molecule has 1 aliphatic heterocycles. The van der Waals surface area contributed by atoms with Gasteiger partial charge >= 0.3 is 0 Å². The second-order valence-electron chi connectivity index (χ2n) is 8.66. The number of aromatic nitrogens is 2. The number of halogens is 1. The topological polar surface area (TPSA) is 59.2 Å². The van der Waals surface area contributed by atoms with Gasteiger partial charge in [0.2, 0.25) is 11.8 Å². The molecular formula is C23H28ClN3O2. The van der Waals surface area contributed by atoms with Crippen molar-refractivity contribution in [2.45, 2.75) is 63.8 Å². The highest BCUT2D eigenvalue weighted by Crippen LogP contribution is 2.45. The number of allylic oxidation sites excluding steroid dienone is 1. The minimum Gasteiger partial charge on any atom is -0.337 e. The maximum Gasteiger partial charge on any atom is 0.249 e. The molecule has 6 heteroatoms. The minimum absolute atomic E-state index is 0.133. The van der Waals surface area contributed by atoms with Crippen LogP contribution in [0.25, 0.3) is 0 Å². The Kier molecular flexibility index (Phi) is 5.52. The summed E-state index contributed by atoms with van der Waals surface area (Å²) in [5, 5.41) is 4.89. The van der Waals surface area contributed by atoms with Crippen molar-refractivity contribution in [3.05, 3.63) is 59.2 Å². The highest BCUT2D eigenvalue weighted by molar-refractivity contribution is 6.30. The molecule has 0 spiro atoms. The van der Waals surface area contributed by atoms with Crippen LogP contribution in [0.15, 0.2) is 41.4 Å². The van der Waals surface area contributed by atoms with Gasteiger partial charge in [-0.3, -0.25) is 4.79 Å². The Morgan fingerprint density at radius 2 is 2.21 bits per heavy atom. The molecule has 1 saturated carbocycles. The maximum atomic E-state index is 13.6. The molecule has 4 rings (SSSR count). The molecule has 1 aromatic carbocycles. The average molecular weight is 414 g/mol. The van der Waals surface area contributed by atoms with E-state index in [1.54, 1.807) is 0 Å². The fourth-order valence-corrected chi connectivity index (χ4v) is 4.72. The molecule has 2 aromatic rings. The SMILES string of the molecule is C=CC[C@@]1(C)C[C@H](c2cccc(Cl)c2)CN([C@H](CC)c2nc(C3CC3)no2)C1=O. The Balaban J connectivity index is 1.68. The molecule has 0 unspecified atom stereocenters. The average Bonchev–Trinajstić information content (AvgIpc) is 3.44. The van der Waals surface area contributed by atoms with Crippen LogP contribution in [0.1, 0.15) is 81.1 Å². The van der Waals surface area contributed by atoms with E-state index < -0.39 is 5.41 Å². The lowest BCUT2D eigenvalue weighted by molar-refractivity contribution is -0.150. The van der Waals surface area contributed by atoms with Crippen molar-refractivity contribution in [2.24, 2.45) is 5.41 Å². The molecule has 2 fully saturated rings. The first-order valence-corrected chi connectivity index (χ1v) is 10.8. The second kappa shape index (κ2) is 7.94. The summed E-state index contributed by atoms with van der Waals surface area (Å²) < 4.78 is 5.61. The summed E-state index contributed by atoms with van der Waals surface area (Å²) in [6.07, 6.45) is 6.20. The van der Waals surface area contributed by atoms with Crippen molar-refractivity contribution in [1.82, 2.24) is 15.0 Å². The monoisotopic (exact) mass is 413 g/mol. The van der Waals surface area contributed by atoms with Crippen LogP contribution in [0.5, 0.6) is 0 Å². The van der Waals surface area contributed by atoms with Gasteiger partial charge in [-0.2, -0.15) is 4.98 Å². The Bertz CT molecular complexity index is 907. The van der Waals surface area contributed by atoms with Crippen molar-refractivity contribution in [3.63, 3.8) is 0 Å². The van der Waals surface area contributed by atoms with Crippen LogP contribution in [0.4, 0.5) is 0 Å². The molecule has 154 valence electrons. The number of carbonyl (C=O) groups excluding carboxylic acids is 1. The Morgan fingerprint density at radius 1 is 1.41 bits per heavy atom. The van der Waals surface area contributed by atoms with Gasteiger partial charge in [-0.05, 0) is 49.8 Å². The van der Waals surface area contributed by atoms with Gasteiger partial charge in [0.25, 0.3) is 0 Å². The molecule has 2 aliphatic rings. The number of likely N-dealkylation sites (tertiary alicyclic amines) is 1. The molecule has 5 nitrogen and oxygen atoms in total. The molecule has 1 amide bonds. The predicted molar refractivity (Wildman–Crippen MR) is 113 cm³/mol. The lowest BCUT2D eigenvalue weighted by Gasteiger charge is -2.45. The zero-order valence-electron chi connectivity index (χ0n) is 17.1. The molecule has 1 aliphatic carbocycles. The van der Waals surface area contributed by atoms with Crippen molar-refractivity contribution < 1.29 is 9.32 Å². The first kappa shape index (κ1) is 20.1. The van der Waals surface area contributed by atoms with E-state index in [1.807, 2.05) is 36.1 Å². The van der Waals surface area contributed by atoms with Crippen LogP contribution >= 0.6 is 11.6 Å². The third-order valence-electron chi connectivity index (χ3n) is 6.25. The normalized spacial score (nSPS) is 25.8. The molecule has 1 saturated heterocycles. The summed E-state index contributed by atoms with van der Waals surface area (Å²) in [5.74, 6) is 2.08. The molecule has 3 atom stereocenters. The molecule has 1 aromatic heterocycles. The van der Waals surface area contributed by atoms with Crippen molar-refractivity contribution >= 4 is 17.5 Å². The number of hydrogen-bond donors (Lipinski definition) is 0. The van der Waals surface area contributed by atoms with Gasteiger partial charge in [-0.1, -0.05) is 48.8 Å². The van der Waals surface area contributed by atoms with E-state index >= 15 is 0 Å². The van der Waals surface area contributed by atoms with E-state index in [1.165, 1.54) is 0 Å². The maximum absolute atomic E-state index is 13.6. The summed E-state index contributed by atoms with van der Waals surface area (Å²) in [6.45, 7) is 8.61. The van der Waals surface area contributed by atoms with Crippen LogP contribution in [-0.4, -0.2) is 27.5 Å². The van der Waals surface area contributed by atoms with Gasteiger partial charge in [0, 0.05) is 23.4 Å². The predicted octanol–water partition coefficient (Wildman–Crippen LogP) is 5.65. The van der Waals surface area contributed by atoms with Crippen molar-refractivity contribution in [1.29, 1.82) is 0 Å². The van der Waals surface area contributed by atoms with Gasteiger partial charge in [0.05, 0.1) is 5.41 Å². The molecule has 0 bridgehead atoms. The summed E-state index contributed by atoms with van der Waals surface area (Å²) in [5.41, 5.74) is 0.643. The quantitative estimate of drug-likeness (QED) is 0.550. The van der Waals surface area contributed by atoms with Crippen molar-refractivity contribution in [3.8, 4) is 0 Å². The Morgan fingerprint density at radius 3 is 2.86 bits per heavy atom. The van der Waals surface area contributed by atoms with E-state index in [2.05, 4.69) is 29.7 Å². The number of amides is 1. The lowest BCUT2D eigenvalue weighted by atomic mass is 9.71. The third kappa shape index (κ3) is 3.97. The van der Waals surface area contributed by atoms with Gasteiger partial charge in [-0.25, -0.2) is 0 Å². The number of carbonyl (C=O) groups is 1. The van der Waals surface area contributed by atoms with E-state index in [4.69, 9.17) is 16.1 Å². The van der Waals surface area contributed by atoms with Gasteiger partial charge in [0.15, 0.2) is 5.82 Å². The summed E-state index contributed by atoms with van der Waals surface area (Å²) in [6, 6.07) is 7.74. The van der Waals surface area contributed by atoms with Crippen LogP contribution in [0.2, 0.25) is 5.02 Å². The standard InChI is InChI=1S/C23H28ClN3O2/c1-4-11-23(3)13-17(16-7-6-8-18(24)12-16)14-27(22(23)28)19(5-2)21-25-20(26-29-21)15-9-10-15/h4,6-8,12,15,17,19H,1,5,9-11,13-14H2,2-3H3/t17-,19+,23-/m0/s1. The first-order chi connectivity index (χ1) is 13.9. The van der Waals surface area contributed by atoms with Crippen LogP contribution in [-0.2, 0) is 4.79 Å².